The van der Waals surface area contributed by atoms with Gasteiger partial charge in [0, 0.05) is 16.2 Å². The summed E-state index contributed by atoms with van der Waals surface area (Å²) in [6, 6.07) is 17.0. The summed E-state index contributed by atoms with van der Waals surface area (Å²) in [5, 5.41) is 0.253. The SMILES string of the molecule is CCC(N)C(Sc1ccc(C)cc1)c1ccc(OC)cc1. The molecule has 21 heavy (non-hydrogen) atoms. The van der Waals surface area contributed by atoms with Crippen molar-refractivity contribution in [2.75, 3.05) is 7.11 Å². The van der Waals surface area contributed by atoms with Crippen LogP contribution in [0.1, 0.15) is 29.7 Å². The van der Waals surface area contributed by atoms with Crippen LogP contribution < -0.4 is 10.5 Å². The Bertz CT molecular complexity index is 550. The Labute approximate surface area is 131 Å². The molecule has 2 aromatic carbocycles. The van der Waals surface area contributed by atoms with Crippen LogP contribution in [0.5, 0.6) is 5.75 Å². The van der Waals surface area contributed by atoms with E-state index in [-0.39, 0.29) is 11.3 Å². The van der Waals surface area contributed by atoms with Gasteiger partial charge in [-0.3, -0.25) is 0 Å². The van der Waals surface area contributed by atoms with E-state index in [9.17, 15) is 0 Å². The molecule has 0 aliphatic heterocycles. The van der Waals surface area contributed by atoms with Gasteiger partial charge in [0.2, 0.25) is 0 Å². The lowest BCUT2D eigenvalue weighted by Gasteiger charge is -2.23. The van der Waals surface area contributed by atoms with Gasteiger partial charge in [-0.2, -0.15) is 0 Å². The van der Waals surface area contributed by atoms with E-state index in [1.807, 2.05) is 23.9 Å². The molecule has 0 heterocycles. The van der Waals surface area contributed by atoms with E-state index in [1.165, 1.54) is 16.0 Å². The molecule has 0 aliphatic carbocycles. The molecule has 0 bridgehead atoms. The van der Waals surface area contributed by atoms with Crippen LogP contribution in [0.25, 0.3) is 0 Å². The van der Waals surface area contributed by atoms with Crippen molar-refractivity contribution in [3.8, 4) is 5.75 Å². The lowest BCUT2D eigenvalue weighted by atomic mass is 10.0. The van der Waals surface area contributed by atoms with Crippen molar-refractivity contribution in [1.82, 2.24) is 0 Å². The maximum atomic E-state index is 6.35. The molecular formula is C18H23NOS. The van der Waals surface area contributed by atoms with Gasteiger partial charge in [0.05, 0.1) is 7.11 Å². The lowest BCUT2D eigenvalue weighted by molar-refractivity contribution is 0.414. The van der Waals surface area contributed by atoms with Gasteiger partial charge in [0.1, 0.15) is 5.75 Å². The van der Waals surface area contributed by atoms with E-state index < -0.39 is 0 Å². The molecule has 0 radical (unpaired) electrons. The van der Waals surface area contributed by atoms with E-state index in [4.69, 9.17) is 10.5 Å². The summed E-state index contributed by atoms with van der Waals surface area (Å²) in [5.41, 5.74) is 8.87. The molecule has 2 aromatic rings. The molecule has 112 valence electrons. The van der Waals surface area contributed by atoms with Gasteiger partial charge < -0.3 is 10.5 Å². The molecule has 2 atom stereocenters. The quantitative estimate of drug-likeness (QED) is 0.794. The van der Waals surface area contributed by atoms with Crippen molar-refractivity contribution < 1.29 is 4.74 Å². The zero-order valence-electron chi connectivity index (χ0n) is 12.9. The van der Waals surface area contributed by atoms with E-state index in [0.29, 0.717) is 0 Å². The average molecular weight is 301 g/mol. The molecule has 0 aromatic heterocycles. The topological polar surface area (TPSA) is 35.2 Å². The Morgan fingerprint density at radius 1 is 1.05 bits per heavy atom. The van der Waals surface area contributed by atoms with Gasteiger partial charge in [0.15, 0.2) is 0 Å². The third-order valence-electron chi connectivity index (χ3n) is 3.59. The van der Waals surface area contributed by atoms with Crippen molar-refractivity contribution in [3.05, 3.63) is 59.7 Å². The highest BCUT2D eigenvalue weighted by atomic mass is 32.2. The van der Waals surface area contributed by atoms with Gasteiger partial charge in [-0.1, -0.05) is 36.8 Å². The minimum Gasteiger partial charge on any atom is -0.497 e. The van der Waals surface area contributed by atoms with Crippen LogP contribution >= 0.6 is 11.8 Å². The monoisotopic (exact) mass is 301 g/mol. The first-order valence-electron chi connectivity index (χ1n) is 7.27. The molecule has 2 unspecified atom stereocenters. The number of nitrogens with two attached hydrogens (primary N) is 1. The van der Waals surface area contributed by atoms with Gasteiger partial charge in [-0.25, -0.2) is 0 Å². The zero-order valence-corrected chi connectivity index (χ0v) is 13.7. The van der Waals surface area contributed by atoms with Crippen molar-refractivity contribution in [1.29, 1.82) is 0 Å². The lowest BCUT2D eigenvalue weighted by Crippen LogP contribution is -2.25. The fraction of sp³-hybridized carbons (Fsp3) is 0.333. The Morgan fingerprint density at radius 3 is 2.19 bits per heavy atom. The number of thioether (sulfide) groups is 1. The minimum atomic E-state index is 0.129. The maximum absolute atomic E-state index is 6.35. The molecule has 0 fully saturated rings. The summed E-state index contributed by atoms with van der Waals surface area (Å²) in [4.78, 5) is 1.25. The molecule has 2 nitrogen and oxygen atoms in total. The Morgan fingerprint density at radius 2 is 1.67 bits per heavy atom. The molecular weight excluding hydrogens is 278 g/mol. The van der Waals surface area contributed by atoms with Crippen LogP contribution in [0.2, 0.25) is 0 Å². The minimum absolute atomic E-state index is 0.129. The second kappa shape index (κ2) is 7.53. The molecule has 0 spiro atoms. The fourth-order valence-corrected chi connectivity index (χ4v) is 3.42. The third-order valence-corrected chi connectivity index (χ3v) is 5.01. The highest BCUT2D eigenvalue weighted by Gasteiger charge is 2.20. The van der Waals surface area contributed by atoms with Gasteiger partial charge in [0.25, 0.3) is 0 Å². The van der Waals surface area contributed by atoms with Crippen LogP contribution in [0.3, 0.4) is 0 Å². The number of ether oxygens (including phenoxy) is 1. The second-order valence-corrected chi connectivity index (χ2v) is 6.41. The van der Waals surface area contributed by atoms with Crippen molar-refractivity contribution in [2.24, 2.45) is 5.73 Å². The van der Waals surface area contributed by atoms with Gasteiger partial charge >= 0.3 is 0 Å². The van der Waals surface area contributed by atoms with E-state index in [2.05, 4.69) is 50.2 Å². The summed E-state index contributed by atoms with van der Waals surface area (Å²) >= 11 is 1.83. The predicted molar refractivity (Wildman–Crippen MR) is 91.0 cm³/mol. The average Bonchev–Trinajstić information content (AvgIpc) is 2.54. The molecule has 0 saturated carbocycles. The maximum Gasteiger partial charge on any atom is 0.118 e. The first-order chi connectivity index (χ1) is 10.1. The molecule has 3 heteroatoms. The van der Waals surface area contributed by atoms with Crippen LogP contribution in [0.4, 0.5) is 0 Å². The Hall–Kier alpha value is -1.45. The van der Waals surface area contributed by atoms with E-state index in [0.717, 1.165) is 12.2 Å². The summed E-state index contributed by atoms with van der Waals surface area (Å²) in [7, 11) is 1.69. The van der Waals surface area contributed by atoms with Crippen molar-refractivity contribution in [3.63, 3.8) is 0 Å². The zero-order chi connectivity index (χ0) is 15.2. The number of benzene rings is 2. The molecule has 0 saturated heterocycles. The first kappa shape index (κ1) is 15.9. The first-order valence-corrected chi connectivity index (χ1v) is 8.15. The van der Waals surface area contributed by atoms with Gasteiger partial charge in [-0.15, -0.1) is 11.8 Å². The highest BCUT2D eigenvalue weighted by Crippen LogP contribution is 2.38. The van der Waals surface area contributed by atoms with Crippen molar-refractivity contribution >= 4 is 11.8 Å². The van der Waals surface area contributed by atoms with Crippen LogP contribution in [-0.2, 0) is 0 Å². The van der Waals surface area contributed by atoms with Crippen LogP contribution in [-0.4, -0.2) is 13.2 Å². The molecule has 2 rings (SSSR count). The number of methoxy groups -OCH3 is 1. The van der Waals surface area contributed by atoms with Gasteiger partial charge in [-0.05, 0) is 43.2 Å². The molecule has 2 N–H and O–H groups in total. The second-order valence-electron chi connectivity index (χ2n) is 5.20. The predicted octanol–water partition coefficient (Wildman–Crippen LogP) is 4.57. The summed E-state index contributed by atoms with van der Waals surface area (Å²) in [6.07, 6.45) is 0.954. The summed E-state index contributed by atoms with van der Waals surface area (Å²) < 4.78 is 5.23. The fourth-order valence-electron chi connectivity index (χ4n) is 2.17. The third kappa shape index (κ3) is 4.26. The van der Waals surface area contributed by atoms with Crippen molar-refractivity contribution in [2.45, 2.75) is 36.5 Å². The van der Waals surface area contributed by atoms with E-state index >= 15 is 0 Å². The largest absolute Gasteiger partial charge is 0.497 e. The standard InChI is InChI=1S/C18H23NOS/c1-4-17(19)18(14-7-9-15(20-3)10-8-14)21-16-11-5-13(2)6-12-16/h5-12,17-18H,4,19H2,1-3H3. The number of hydrogen-bond acceptors (Lipinski definition) is 3. The number of aryl methyl sites for hydroxylation is 1. The number of hydrogen-bond donors (Lipinski definition) is 1. The van der Waals surface area contributed by atoms with E-state index in [1.54, 1.807) is 7.11 Å². The smallest absolute Gasteiger partial charge is 0.118 e. The molecule has 0 amide bonds. The highest BCUT2D eigenvalue weighted by molar-refractivity contribution is 7.99. The van der Waals surface area contributed by atoms with Crippen LogP contribution in [0.15, 0.2) is 53.4 Å². The Kier molecular flexibility index (Phi) is 5.71. The Balaban J connectivity index is 2.22. The number of rotatable bonds is 6. The van der Waals surface area contributed by atoms with Crippen LogP contribution in [0, 0.1) is 6.92 Å². The summed E-state index contributed by atoms with van der Waals surface area (Å²) in [6.45, 7) is 4.24. The molecule has 0 aliphatic rings. The summed E-state index contributed by atoms with van der Waals surface area (Å²) in [5.74, 6) is 0.878. The normalized spacial score (nSPS) is 13.7.